The maximum absolute atomic E-state index is 5.68. The highest BCUT2D eigenvalue weighted by Gasteiger charge is 2.16. The molecule has 1 aromatic carbocycles. The molecule has 4 nitrogen and oxygen atoms in total. The molecule has 3 N–H and O–H groups in total. The highest BCUT2D eigenvalue weighted by molar-refractivity contribution is 9.10. The Bertz CT molecular complexity index is 536. The average Bonchev–Trinajstić information content (AvgIpc) is 2.76. The van der Waals surface area contributed by atoms with Crippen molar-refractivity contribution >= 4 is 15.9 Å². The van der Waals surface area contributed by atoms with E-state index in [4.69, 9.17) is 5.84 Å². The topological polar surface area (TPSA) is 55.9 Å². The van der Waals surface area contributed by atoms with Gasteiger partial charge >= 0.3 is 0 Å². The van der Waals surface area contributed by atoms with Crippen LogP contribution < -0.4 is 11.3 Å². The summed E-state index contributed by atoms with van der Waals surface area (Å²) < 4.78 is 3.11. The van der Waals surface area contributed by atoms with Gasteiger partial charge in [-0.3, -0.25) is 11.3 Å². The van der Waals surface area contributed by atoms with Crippen LogP contribution in [0, 0.1) is 6.92 Å². The van der Waals surface area contributed by atoms with Gasteiger partial charge in [0.15, 0.2) is 0 Å². The number of hydrazine groups is 1. The van der Waals surface area contributed by atoms with Crippen LogP contribution in [-0.2, 0) is 13.5 Å². The van der Waals surface area contributed by atoms with Crippen molar-refractivity contribution in [3.63, 3.8) is 0 Å². The number of rotatable bonds is 4. The number of benzene rings is 1. The minimum Gasteiger partial charge on any atom is -0.338 e. The zero-order valence-corrected chi connectivity index (χ0v) is 12.1. The maximum Gasteiger partial charge on any atom is 0.110 e. The third kappa shape index (κ3) is 2.63. The number of nitrogens with two attached hydrogens (primary N) is 1. The van der Waals surface area contributed by atoms with E-state index in [-0.39, 0.29) is 6.04 Å². The smallest absolute Gasteiger partial charge is 0.110 e. The van der Waals surface area contributed by atoms with E-state index in [9.17, 15) is 0 Å². The van der Waals surface area contributed by atoms with E-state index in [0.29, 0.717) is 0 Å². The lowest BCUT2D eigenvalue weighted by Crippen LogP contribution is -2.30. The molecule has 0 amide bonds. The molecule has 0 bridgehead atoms. The second-order valence-corrected chi connectivity index (χ2v) is 5.15. The summed E-state index contributed by atoms with van der Waals surface area (Å²) in [4.78, 5) is 4.33. The fraction of sp³-hybridized carbons (Fsp3) is 0.308. The monoisotopic (exact) mass is 308 g/mol. The molecule has 1 unspecified atom stereocenters. The van der Waals surface area contributed by atoms with Crippen LogP contribution in [0.2, 0.25) is 0 Å². The molecule has 2 rings (SSSR count). The van der Waals surface area contributed by atoms with Crippen LogP contribution in [0.1, 0.15) is 23.0 Å². The van der Waals surface area contributed by atoms with Gasteiger partial charge in [0, 0.05) is 30.3 Å². The van der Waals surface area contributed by atoms with Crippen molar-refractivity contribution in [3.05, 3.63) is 52.0 Å². The maximum atomic E-state index is 5.68. The van der Waals surface area contributed by atoms with Gasteiger partial charge in [-0.05, 0) is 18.1 Å². The first-order chi connectivity index (χ1) is 8.63. The molecule has 0 aliphatic carbocycles. The lowest BCUT2D eigenvalue weighted by molar-refractivity contribution is 0.528. The Morgan fingerprint density at radius 3 is 2.89 bits per heavy atom. The van der Waals surface area contributed by atoms with Gasteiger partial charge in [-0.15, -0.1) is 0 Å². The van der Waals surface area contributed by atoms with Crippen LogP contribution in [0.25, 0.3) is 0 Å². The van der Waals surface area contributed by atoms with E-state index >= 15 is 0 Å². The standard InChI is InChI=1S/C13H17BrN4/c1-9-4-3-5-10(13(9)14)11(17-15)8-12-16-6-7-18(12)2/h3-7,11,17H,8,15H2,1-2H3. The second-order valence-electron chi connectivity index (χ2n) is 4.36. The predicted octanol–water partition coefficient (Wildman–Crippen LogP) is 2.24. The van der Waals surface area contributed by atoms with E-state index in [1.807, 2.05) is 23.9 Å². The second kappa shape index (κ2) is 5.65. The quantitative estimate of drug-likeness (QED) is 0.673. The van der Waals surface area contributed by atoms with Crippen molar-refractivity contribution in [2.24, 2.45) is 12.9 Å². The van der Waals surface area contributed by atoms with E-state index in [0.717, 1.165) is 22.3 Å². The van der Waals surface area contributed by atoms with Crippen molar-refractivity contribution in [2.75, 3.05) is 0 Å². The predicted molar refractivity (Wildman–Crippen MR) is 75.9 cm³/mol. The third-order valence-corrected chi connectivity index (χ3v) is 4.19. The van der Waals surface area contributed by atoms with Crippen LogP contribution in [0.3, 0.4) is 0 Å². The molecular weight excluding hydrogens is 292 g/mol. The van der Waals surface area contributed by atoms with E-state index < -0.39 is 0 Å². The third-order valence-electron chi connectivity index (χ3n) is 3.11. The van der Waals surface area contributed by atoms with Crippen LogP contribution in [0.4, 0.5) is 0 Å². The Kier molecular flexibility index (Phi) is 4.16. The van der Waals surface area contributed by atoms with Gasteiger partial charge in [0.25, 0.3) is 0 Å². The number of aryl methyl sites for hydroxylation is 2. The molecule has 1 heterocycles. The molecule has 18 heavy (non-hydrogen) atoms. The number of aromatic nitrogens is 2. The highest BCUT2D eigenvalue weighted by Crippen LogP contribution is 2.28. The summed E-state index contributed by atoms with van der Waals surface area (Å²) >= 11 is 3.62. The lowest BCUT2D eigenvalue weighted by Gasteiger charge is -2.18. The molecule has 0 fully saturated rings. The van der Waals surface area contributed by atoms with Gasteiger partial charge < -0.3 is 4.57 Å². The molecule has 0 spiro atoms. The summed E-state index contributed by atoms with van der Waals surface area (Å²) in [6.45, 7) is 2.07. The summed E-state index contributed by atoms with van der Waals surface area (Å²) in [7, 11) is 1.99. The van der Waals surface area contributed by atoms with E-state index in [2.05, 4.69) is 45.4 Å². The van der Waals surface area contributed by atoms with Gasteiger partial charge in [-0.25, -0.2) is 4.98 Å². The first kappa shape index (κ1) is 13.3. The van der Waals surface area contributed by atoms with Gasteiger partial charge in [0.05, 0.1) is 6.04 Å². The summed E-state index contributed by atoms with van der Waals surface area (Å²) in [5.74, 6) is 6.69. The summed E-state index contributed by atoms with van der Waals surface area (Å²) in [6, 6.07) is 6.23. The zero-order valence-electron chi connectivity index (χ0n) is 10.5. The van der Waals surface area contributed by atoms with Crippen molar-refractivity contribution in [3.8, 4) is 0 Å². The molecular formula is C13H17BrN4. The Morgan fingerprint density at radius 2 is 2.28 bits per heavy atom. The minimum absolute atomic E-state index is 0.0420. The van der Waals surface area contributed by atoms with Crippen molar-refractivity contribution in [1.82, 2.24) is 15.0 Å². The van der Waals surface area contributed by atoms with Crippen molar-refractivity contribution in [2.45, 2.75) is 19.4 Å². The fourth-order valence-electron chi connectivity index (χ4n) is 1.97. The Balaban J connectivity index is 2.29. The molecule has 1 aromatic heterocycles. The van der Waals surface area contributed by atoms with Gasteiger partial charge in [0.1, 0.15) is 5.82 Å². The number of hydrogen-bond donors (Lipinski definition) is 2. The zero-order chi connectivity index (χ0) is 13.1. The number of nitrogens with one attached hydrogen (secondary N) is 1. The van der Waals surface area contributed by atoms with Crippen LogP contribution in [0.15, 0.2) is 35.1 Å². The largest absolute Gasteiger partial charge is 0.338 e. The van der Waals surface area contributed by atoms with Gasteiger partial charge in [-0.1, -0.05) is 34.1 Å². The number of nitrogens with zero attached hydrogens (tertiary/aromatic N) is 2. The van der Waals surface area contributed by atoms with Crippen LogP contribution in [-0.4, -0.2) is 9.55 Å². The van der Waals surface area contributed by atoms with Gasteiger partial charge in [-0.2, -0.15) is 0 Å². The van der Waals surface area contributed by atoms with Crippen molar-refractivity contribution < 1.29 is 0 Å². The number of halogens is 1. The molecule has 2 aromatic rings. The van der Waals surface area contributed by atoms with E-state index in [1.54, 1.807) is 6.20 Å². The van der Waals surface area contributed by atoms with Crippen molar-refractivity contribution in [1.29, 1.82) is 0 Å². The Hall–Kier alpha value is -1.17. The number of hydrogen-bond acceptors (Lipinski definition) is 3. The molecule has 0 aliphatic heterocycles. The SMILES string of the molecule is Cc1cccc(C(Cc2nccn2C)NN)c1Br. The molecule has 1 atom stereocenters. The Labute approximate surface area is 115 Å². The van der Waals surface area contributed by atoms with Crippen LogP contribution >= 0.6 is 15.9 Å². The fourth-order valence-corrected chi connectivity index (χ4v) is 2.51. The first-order valence-corrected chi connectivity index (χ1v) is 6.60. The molecule has 0 aliphatic rings. The highest BCUT2D eigenvalue weighted by atomic mass is 79.9. The normalized spacial score (nSPS) is 12.7. The molecule has 0 radical (unpaired) electrons. The molecule has 0 saturated carbocycles. The number of imidazole rings is 1. The summed E-state index contributed by atoms with van der Waals surface area (Å²) in [5.41, 5.74) is 5.22. The molecule has 0 saturated heterocycles. The summed E-state index contributed by atoms with van der Waals surface area (Å²) in [6.07, 6.45) is 4.49. The minimum atomic E-state index is 0.0420. The molecule has 96 valence electrons. The Morgan fingerprint density at radius 1 is 1.50 bits per heavy atom. The first-order valence-electron chi connectivity index (χ1n) is 5.80. The van der Waals surface area contributed by atoms with Crippen LogP contribution in [0.5, 0.6) is 0 Å². The average molecular weight is 309 g/mol. The van der Waals surface area contributed by atoms with E-state index in [1.165, 1.54) is 5.56 Å². The summed E-state index contributed by atoms with van der Waals surface area (Å²) in [5, 5.41) is 0. The molecule has 5 heteroatoms. The lowest BCUT2D eigenvalue weighted by atomic mass is 10.0. The van der Waals surface area contributed by atoms with Gasteiger partial charge in [0.2, 0.25) is 0 Å².